The third kappa shape index (κ3) is 3.51. The topological polar surface area (TPSA) is 77.8 Å². The first kappa shape index (κ1) is 16.1. The maximum atomic E-state index is 12.2. The number of thiophene rings is 1. The largest absolute Gasteiger partial charge is 0.388 e. The summed E-state index contributed by atoms with van der Waals surface area (Å²) in [5, 5.41) is 22.0. The summed E-state index contributed by atoms with van der Waals surface area (Å²) in [6.07, 6.45) is 0.179. The average Bonchev–Trinajstić information content (AvgIpc) is 2.90. The SMILES string of the molecule is CC[C@@]1(O)CCN(C(=O)Cc2csc(C(C)=O)c2)C[C@H]1O. The molecule has 6 heteroatoms. The lowest BCUT2D eigenvalue weighted by Gasteiger charge is -2.41. The number of β-amino-alcohol motifs (C(OH)–C–C–N with tert-alkyl or cyclic N) is 1. The Bertz CT molecular complexity index is 542. The van der Waals surface area contributed by atoms with Crippen molar-refractivity contribution in [1.29, 1.82) is 0 Å². The van der Waals surface area contributed by atoms with Crippen LogP contribution in [0.5, 0.6) is 0 Å². The summed E-state index contributed by atoms with van der Waals surface area (Å²) in [4.78, 5) is 25.7. The molecule has 0 spiro atoms. The van der Waals surface area contributed by atoms with Crippen LogP contribution in [0.2, 0.25) is 0 Å². The minimum atomic E-state index is -1.08. The Hall–Kier alpha value is -1.24. The maximum absolute atomic E-state index is 12.2. The molecule has 1 amide bonds. The Labute approximate surface area is 128 Å². The first-order valence-corrected chi connectivity index (χ1v) is 8.00. The molecular weight excluding hydrogens is 290 g/mol. The lowest BCUT2D eigenvalue weighted by Crippen LogP contribution is -2.56. The van der Waals surface area contributed by atoms with E-state index in [1.807, 2.05) is 12.3 Å². The summed E-state index contributed by atoms with van der Waals surface area (Å²) in [6, 6.07) is 1.74. The van der Waals surface area contributed by atoms with Gasteiger partial charge in [-0.3, -0.25) is 9.59 Å². The van der Waals surface area contributed by atoms with Crippen molar-refractivity contribution in [3.05, 3.63) is 21.9 Å². The summed E-state index contributed by atoms with van der Waals surface area (Å²) in [7, 11) is 0. The molecule has 1 aromatic heterocycles. The highest BCUT2D eigenvalue weighted by atomic mass is 32.1. The van der Waals surface area contributed by atoms with Gasteiger partial charge in [0, 0.05) is 13.1 Å². The molecule has 21 heavy (non-hydrogen) atoms. The molecule has 5 nitrogen and oxygen atoms in total. The Kier molecular flexibility index (Phi) is 4.81. The molecule has 0 unspecified atom stereocenters. The van der Waals surface area contributed by atoms with Crippen LogP contribution in [0.4, 0.5) is 0 Å². The number of amides is 1. The van der Waals surface area contributed by atoms with Crippen molar-refractivity contribution in [2.45, 2.75) is 44.8 Å². The van der Waals surface area contributed by atoms with Crippen molar-refractivity contribution in [1.82, 2.24) is 4.90 Å². The van der Waals surface area contributed by atoms with Crippen molar-refractivity contribution >= 4 is 23.0 Å². The van der Waals surface area contributed by atoms with E-state index in [2.05, 4.69) is 0 Å². The monoisotopic (exact) mass is 311 g/mol. The van der Waals surface area contributed by atoms with E-state index < -0.39 is 11.7 Å². The highest BCUT2D eigenvalue weighted by Gasteiger charge is 2.40. The fourth-order valence-electron chi connectivity index (χ4n) is 2.54. The van der Waals surface area contributed by atoms with Gasteiger partial charge in [0.1, 0.15) is 6.10 Å². The van der Waals surface area contributed by atoms with Crippen molar-refractivity contribution in [3.8, 4) is 0 Å². The second-order valence-electron chi connectivity index (χ2n) is 5.61. The summed E-state index contributed by atoms with van der Waals surface area (Å²) in [6.45, 7) is 3.94. The molecule has 0 radical (unpaired) electrons. The smallest absolute Gasteiger partial charge is 0.227 e. The van der Waals surface area contributed by atoms with Crippen LogP contribution in [0.15, 0.2) is 11.4 Å². The second-order valence-corrected chi connectivity index (χ2v) is 6.53. The first-order chi connectivity index (χ1) is 9.85. The fourth-order valence-corrected chi connectivity index (χ4v) is 3.36. The molecule has 116 valence electrons. The van der Waals surface area contributed by atoms with Crippen LogP contribution in [0.25, 0.3) is 0 Å². The zero-order valence-corrected chi connectivity index (χ0v) is 13.2. The number of piperidine rings is 1. The standard InChI is InChI=1S/C15H21NO4S/c1-3-15(20)4-5-16(8-13(15)18)14(19)7-11-6-12(10(2)17)21-9-11/h6,9,13,18,20H,3-5,7-8H2,1-2H3/t13-,15-/m1/s1. The van der Waals surface area contributed by atoms with Crippen molar-refractivity contribution in [2.75, 3.05) is 13.1 Å². The van der Waals surface area contributed by atoms with Gasteiger partial charge in [0.15, 0.2) is 5.78 Å². The molecule has 1 saturated heterocycles. The number of ketones is 1. The molecule has 2 heterocycles. The number of rotatable bonds is 4. The molecule has 1 aliphatic heterocycles. The number of aliphatic hydroxyl groups excluding tert-OH is 1. The van der Waals surface area contributed by atoms with Gasteiger partial charge in [-0.2, -0.15) is 0 Å². The summed E-state index contributed by atoms with van der Waals surface area (Å²) in [5.74, 6) is -0.0831. The number of carbonyl (C=O) groups is 2. The van der Waals surface area contributed by atoms with Gasteiger partial charge < -0.3 is 15.1 Å². The molecule has 1 fully saturated rings. The van der Waals surface area contributed by atoms with Crippen LogP contribution >= 0.6 is 11.3 Å². The summed E-state index contributed by atoms with van der Waals surface area (Å²) < 4.78 is 0. The maximum Gasteiger partial charge on any atom is 0.227 e. The lowest BCUT2D eigenvalue weighted by atomic mass is 9.86. The molecule has 0 aliphatic carbocycles. The molecular formula is C15H21NO4S. The first-order valence-electron chi connectivity index (χ1n) is 7.12. The van der Waals surface area contributed by atoms with Gasteiger partial charge in [0.25, 0.3) is 0 Å². The van der Waals surface area contributed by atoms with Gasteiger partial charge in [-0.15, -0.1) is 11.3 Å². The van der Waals surface area contributed by atoms with E-state index in [1.165, 1.54) is 18.3 Å². The zero-order valence-electron chi connectivity index (χ0n) is 12.3. The molecule has 1 aromatic rings. The van der Waals surface area contributed by atoms with Crippen LogP contribution in [0, 0.1) is 0 Å². The van der Waals surface area contributed by atoms with Crippen LogP contribution in [-0.4, -0.2) is 51.6 Å². The van der Waals surface area contributed by atoms with Gasteiger partial charge >= 0.3 is 0 Å². The zero-order chi connectivity index (χ0) is 15.6. The summed E-state index contributed by atoms with van der Waals surface area (Å²) in [5.41, 5.74) is -0.262. The van der Waals surface area contributed by atoms with E-state index >= 15 is 0 Å². The predicted molar refractivity (Wildman–Crippen MR) is 80.5 cm³/mol. The number of hydrogen-bond donors (Lipinski definition) is 2. The second kappa shape index (κ2) is 6.25. The van der Waals surface area contributed by atoms with E-state index in [0.29, 0.717) is 24.3 Å². The van der Waals surface area contributed by atoms with Gasteiger partial charge in [0.2, 0.25) is 5.91 Å². The van der Waals surface area contributed by atoms with E-state index in [4.69, 9.17) is 0 Å². The molecule has 0 bridgehead atoms. The highest BCUT2D eigenvalue weighted by Crippen LogP contribution is 2.26. The Morgan fingerprint density at radius 1 is 1.52 bits per heavy atom. The van der Waals surface area contributed by atoms with Crippen LogP contribution in [0.3, 0.4) is 0 Å². The number of aliphatic hydroxyl groups is 2. The van der Waals surface area contributed by atoms with Gasteiger partial charge in [0.05, 0.1) is 16.9 Å². The fraction of sp³-hybridized carbons (Fsp3) is 0.600. The van der Waals surface area contributed by atoms with E-state index in [1.54, 1.807) is 11.0 Å². The van der Waals surface area contributed by atoms with Crippen LogP contribution in [0.1, 0.15) is 41.9 Å². The average molecular weight is 311 g/mol. The molecule has 2 rings (SSSR count). The van der Waals surface area contributed by atoms with Gasteiger partial charge in [-0.05, 0) is 36.8 Å². The Morgan fingerprint density at radius 2 is 2.24 bits per heavy atom. The number of carbonyl (C=O) groups excluding carboxylic acids is 2. The Balaban J connectivity index is 1.96. The molecule has 1 aliphatic rings. The minimum Gasteiger partial charge on any atom is -0.388 e. The van der Waals surface area contributed by atoms with Crippen molar-refractivity contribution in [3.63, 3.8) is 0 Å². The van der Waals surface area contributed by atoms with Crippen molar-refractivity contribution < 1.29 is 19.8 Å². The van der Waals surface area contributed by atoms with E-state index in [-0.39, 0.29) is 24.7 Å². The van der Waals surface area contributed by atoms with Crippen LogP contribution < -0.4 is 0 Å². The third-order valence-corrected chi connectivity index (χ3v) is 5.23. The van der Waals surface area contributed by atoms with Gasteiger partial charge in [-0.1, -0.05) is 6.92 Å². The lowest BCUT2D eigenvalue weighted by molar-refractivity contribution is -0.149. The predicted octanol–water partition coefficient (Wildman–Crippen LogP) is 1.23. The quantitative estimate of drug-likeness (QED) is 0.820. The summed E-state index contributed by atoms with van der Waals surface area (Å²) >= 11 is 1.34. The number of hydrogen-bond acceptors (Lipinski definition) is 5. The Morgan fingerprint density at radius 3 is 2.76 bits per heavy atom. The van der Waals surface area contributed by atoms with Gasteiger partial charge in [-0.25, -0.2) is 0 Å². The minimum absolute atomic E-state index is 0.0000959. The third-order valence-electron chi connectivity index (χ3n) is 4.15. The molecule has 2 N–H and O–H groups in total. The highest BCUT2D eigenvalue weighted by molar-refractivity contribution is 7.12. The molecule has 0 saturated carbocycles. The number of likely N-dealkylation sites (tertiary alicyclic amines) is 1. The molecule has 0 aromatic carbocycles. The van der Waals surface area contributed by atoms with E-state index in [0.717, 1.165) is 5.56 Å². The number of nitrogens with zero attached hydrogens (tertiary/aromatic N) is 1. The number of Topliss-reactive ketones (excluding diaryl/α,β-unsaturated/α-hetero) is 1. The normalized spacial score (nSPS) is 25.9. The van der Waals surface area contributed by atoms with Crippen LogP contribution in [-0.2, 0) is 11.2 Å². The van der Waals surface area contributed by atoms with E-state index in [9.17, 15) is 19.8 Å². The molecule has 2 atom stereocenters. The van der Waals surface area contributed by atoms with Crippen molar-refractivity contribution in [2.24, 2.45) is 0 Å².